The van der Waals surface area contributed by atoms with Gasteiger partial charge in [-0.15, -0.1) is 11.8 Å². The van der Waals surface area contributed by atoms with Gasteiger partial charge in [-0.3, -0.25) is 4.79 Å². The first-order chi connectivity index (χ1) is 12.6. The third-order valence-electron chi connectivity index (χ3n) is 4.57. The van der Waals surface area contributed by atoms with E-state index in [1.54, 1.807) is 18.9 Å². The van der Waals surface area contributed by atoms with Crippen LogP contribution >= 0.6 is 11.8 Å². The first kappa shape index (κ1) is 18.6. The van der Waals surface area contributed by atoms with Gasteiger partial charge in [-0.1, -0.05) is 6.07 Å². The molecule has 0 radical (unpaired) electrons. The topological polar surface area (TPSA) is 45.7 Å². The molecular weight excluding hydrogens is 346 g/mol. The summed E-state index contributed by atoms with van der Waals surface area (Å²) in [5.41, 5.74) is 1.02. The number of aryl methyl sites for hydroxylation is 1. The van der Waals surface area contributed by atoms with Crippen LogP contribution in [0.4, 0.5) is 5.82 Å². The first-order valence-corrected chi connectivity index (χ1v) is 9.80. The smallest absolute Gasteiger partial charge is 0.233 e. The number of rotatable bonds is 5. The Morgan fingerprint density at radius 3 is 2.65 bits per heavy atom. The Labute approximate surface area is 159 Å². The molecule has 0 aliphatic carbocycles. The second-order valence-corrected chi connectivity index (χ2v) is 7.53. The highest BCUT2D eigenvalue weighted by Gasteiger charge is 2.27. The van der Waals surface area contributed by atoms with Crippen LogP contribution in [0, 0.1) is 6.92 Å². The van der Waals surface area contributed by atoms with Gasteiger partial charge in [0.1, 0.15) is 11.6 Å². The van der Waals surface area contributed by atoms with Crippen LogP contribution < -0.4 is 9.64 Å². The highest BCUT2D eigenvalue weighted by molar-refractivity contribution is 8.00. The molecule has 0 saturated carbocycles. The van der Waals surface area contributed by atoms with Gasteiger partial charge in [-0.2, -0.15) is 0 Å². The molecule has 1 aromatic carbocycles. The van der Waals surface area contributed by atoms with Crippen molar-refractivity contribution in [2.24, 2.45) is 0 Å². The molecule has 0 bridgehead atoms. The minimum absolute atomic E-state index is 0.176. The Bertz CT molecular complexity index is 751. The highest BCUT2D eigenvalue weighted by atomic mass is 32.2. The minimum atomic E-state index is 0.176. The first-order valence-electron chi connectivity index (χ1n) is 8.82. The van der Waals surface area contributed by atoms with Crippen LogP contribution in [0.5, 0.6) is 5.75 Å². The Hall–Kier alpha value is -2.21. The maximum Gasteiger partial charge on any atom is 0.233 e. The average molecular weight is 372 g/mol. The van der Waals surface area contributed by atoms with Crippen molar-refractivity contribution in [3.05, 3.63) is 48.2 Å². The predicted octanol–water partition coefficient (Wildman–Crippen LogP) is 3.23. The van der Waals surface area contributed by atoms with Crippen molar-refractivity contribution >= 4 is 23.5 Å². The van der Waals surface area contributed by atoms with Gasteiger partial charge in [0.25, 0.3) is 0 Å². The van der Waals surface area contributed by atoms with Gasteiger partial charge in [0.05, 0.1) is 12.9 Å². The van der Waals surface area contributed by atoms with E-state index in [0.717, 1.165) is 41.8 Å². The maximum atomic E-state index is 12.6. The lowest BCUT2D eigenvalue weighted by Gasteiger charge is -2.40. The van der Waals surface area contributed by atoms with Gasteiger partial charge in [0.2, 0.25) is 5.91 Å². The number of anilines is 1. The summed E-state index contributed by atoms with van der Waals surface area (Å²) >= 11 is 1.57. The number of ether oxygens (including phenoxy) is 1. The summed E-state index contributed by atoms with van der Waals surface area (Å²) in [5, 5.41) is 0. The molecule has 0 spiro atoms. The normalized spacial score (nSPS) is 17.3. The van der Waals surface area contributed by atoms with E-state index in [1.807, 2.05) is 54.3 Å². The molecule has 1 aliphatic rings. The summed E-state index contributed by atoms with van der Waals surface area (Å²) in [6, 6.07) is 14.1. The number of methoxy groups -OCH3 is 1. The molecule has 1 fully saturated rings. The number of carbonyl (C=O) groups excluding carboxylic acids is 1. The minimum Gasteiger partial charge on any atom is -0.497 e. The molecule has 26 heavy (non-hydrogen) atoms. The molecular formula is C20H25N3O2S. The van der Waals surface area contributed by atoms with Crippen molar-refractivity contribution in [3.8, 4) is 5.75 Å². The van der Waals surface area contributed by atoms with Gasteiger partial charge < -0.3 is 14.5 Å². The van der Waals surface area contributed by atoms with E-state index in [-0.39, 0.29) is 11.9 Å². The third kappa shape index (κ3) is 4.49. The molecule has 1 unspecified atom stereocenters. The molecule has 0 N–H and O–H groups in total. The Kier molecular flexibility index (Phi) is 6.04. The number of amides is 1. The lowest BCUT2D eigenvalue weighted by Crippen LogP contribution is -2.54. The van der Waals surface area contributed by atoms with Crippen LogP contribution in [0.3, 0.4) is 0 Å². The Balaban J connectivity index is 1.54. The van der Waals surface area contributed by atoms with Gasteiger partial charge >= 0.3 is 0 Å². The number of hydrogen-bond acceptors (Lipinski definition) is 5. The molecule has 2 heterocycles. The molecule has 3 rings (SSSR count). The van der Waals surface area contributed by atoms with Crippen LogP contribution in [0.1, 0.15) is 12.6 Å². The Morgan fingerprint density at radius 1 is 1.23 bits per heavy atom. The number of piperazine rings is 1. The monoisotopic (exact) mass is 371 g/mol. The second-order valence-electron chi connectivity index (χ2n) is 6.48. The zero-order valence-electron chi connectivity index (χ0n) is 15.5. The van der Waals surface area contributed by atoms with Gasteiger partial charge in [-0.05, 0) is 50.2 Å². The van der Waals surface area contributed by atoms with Crippen LogP contribution in [-0.2, 0) is 4.79 Å². The van der Waals surface area contributed by atoms with Crippen molar-refractivity contribution < 1.29 is 9.53 Å². The fourth-order valence-electron chi connectivity index (χ4n) is 3.14. The SMILES string of the molecule is COc1ccc(SCC(=O)N2CCN(c3cccc(C)n3)CC2C)cc1. The third-order valence-corrected chi connectivity index (χ3v) is 5.56. The zero-order chi connectivity index (χ0) is 18.5. The molecule has 138 valence electrons. The number of carbonyl (C=O) groups is 1. The van der Waals surface area contributed by atoms with Crippen molar-refractivity contribution in [3.63, 3.8) is 0 Å². The Morgan fingerprint density at radius 2 is 2.00 bits per heavy atom. The van der Waals surface area contributed by atoms with Crippen molar-refractivity contribution in [2.75, 3.05) is 37.4 Å². The van der Waals surface area contributed by atoms with E-state index < -0.39 is 0 Å². The summed E-state index contributed by atoms with van der Waals surface area (Å²) in [7, 11) is 1.65. The second kappa shape index (κ2) is 8.45. The standard InChI is InChI=1S/C20H25N3O2S/c1-15-5-4-6-19(21-15)22-11-12-23(16(2)13-22)20(24)14-26-18-9-7-17(25-3)8-10-18/h4-10,16H,11-14H2,1-3H3. The molecule has 5 nitrogen and oxygen atoms in total. The van der Waals surface area contributed by atoms with E-state index in [4.69, 9.17) is 4.74 Å². The van der Waals surface area contributed by atoms with E-state index in [1.165, 1.54) is 0 Å². The van der Waals surface area contributed by atoms with E-state index in [2.05, 4.69) is 16.8 Å². The lowest BCUT2D eigenvalue weighted by molar-refractivity contribution is -0.130. The number of thioether (sulfide) groups is 1. The molecule has 1 atom stereocenters. The van der Waals surface area contributed by atoms with E-state index >= 15 is 0 Å². The van der Waals surface area contributed by atoms with Crippen molar-refractivity contribution in [2.45, 2.75) is 24.8 Å². The number of benzene rings is 1. The van der Waals surface area contributed by atoms with Crippen LogP contribution in [-0.4, -0.2) is 54.3 Å². The average Bonchev–Trinajstić information content (AvgIpc) is 2.66. The molecule has 1 saturated heterocycles. The maximum absolute atomic E-state index is 12.6. The highest BCUT2D eigenvalue weighted by Crippen LogP contribution is 2.23. The van der Waals surface area contributed by atoms with Crippen LogP contribution in [0.25, 0.3) is 0 Å². The fourth-order valence-corrected chi connectivity index (χ4v) is 3.93. The number of hydrogen-bond donors (Lipinski definition) is 0. The van der Waals surface area contributed by atoms with E-state index in [0.29, 0.717) is 5.75 Å². The van der Waals surface area contributed by atoms with Gasteiger partial charge in [-0.25, -0.2) is 4.98 Å². The van der Waals surface area contributed by atoms with E-state index in [9.17, 15) is 4.79 Å². The molecule has 1 amide bonds. The van der Waals surface area contributed by atoms with Crippen molar-refractivity contribution in [1.29, 1.82) is 0 Å². The quantitative estimate of drug-likeness (QED) is 0.755. The number of nitrogens with zero attached hydrogens (tertiary/aromatic N) is 3. The summed E-state index contributed by atoms with van der Waals surface area (Å²) in [6.07, 6.45) is 0. The summed E-state index contributed by atoms with van der Waals surface area (Å²) < 4.78 is 5.16. The molecule has 6 heteroatoms. The van der Waals surface area contributed by atoms with Gasteiger partial charge in [0, 0.05) is 36.3 Å². The fraction of sp³-hybridized carbons (Fsp3) is 0.400. The lowest BCUT2D eigenvalue weighted by atomic mass is 10.2. The summed E-state index contributed by atoms with van der Waals surface area (Å²) in [6.45, 7) is 6.48. The van der Waals surface area contributed by atoms with Gasteiger partial charge in [0.15, 0.2) is 0 Å². The zero-order valence-corrected chi connectivity index (χ0v) is 16.3. The molecule has 1 aromatic heterocycles. The largest absolute Gasteiger partial charge is 0.497 e. The predicted molar refractivity (Wildman–Crippen MR) is 106 cm³/mol. The number of pyridine rings is 1. The van der Waals surface area contributed by atoms with Crippen LogP contribution in [0.2, 0.25) is 0 Å². The summed E-state index contributed by atoms with van der Waals surface area (Å²) in [5.74, 6) is 2.47. The summed E-state index contributed by atoms with van der Waals surface area (Å²) in [4.78, 5) is 22.6. The van der Waals surface area contributed by atoms with Crippen molar-refractivity contribution in [1.82, 2.24) is 9.88 Å². The molecule has 1 aliphatic heterocycles. The van der Waals surface area contributed by atoms with Crippen LogP contribution in [0.15, 0.2) is 47.4 Å². The number of aromatic nitrogens is 1. The molecule has 2 aromatic rings.